The Kier molecular flexibility index (Phi) is 4.72. The lowest BCUT2D eigenvalue weighted by molar-refractivity contribution is 0.475. The third-order valence-corrected chi connectivity index (χ3v) is 2.60. The second-order valence-corrected chi connectivity index (χ2v) is 4.18. The summed E-state index contributed by atoms with van der Waals surface area (Å²) in [5, 5.41) is 23.7. The molecule has 102 valence electrons. The molecule has 0 bridgehead atoms. The molecule has 0 saturated heterocycles. The first-order chi connectivity index (χ1) is 9.74. The summed E-state index contributed by atoms with van der Waals surface area (Å²) in [7, 11) is 0. The van der Waals surface area contributed by atoms with Crippen LogP contribution in [0.4, 0.5) is 0 Å². The monoisotopic (exact) mass is 268 g/mol. The van der Waals surface area contributed by atoms with E-state index in [-0.39, 0.29) is 11.7 Å². The summed E-state index contributed by atoms with van der Waals surface area (Å²) in [4.78, 5) is 0. The highest BCUT2D eigenvalue weighted by atomic mass is 16.3. The molecular weight excluding hydrogens is 252 g/mol. The maximum Gasteiger partial charge on any atom is 0.209 e. The Bertz CT molecular complexity index is 579. The molecule has 0 aliphatic rings. The maximum absolute atomic E-state index is 9.14. The molecule has 0 unspecified atom stereocenters. The number of nitrogens with zero attached hydrogens (tertiary/aromatic N) is 1. The Morgan fingerprint density at radius 1 is 1.10 bits per heavy atom. The van der Waals surface area contributed by atoms with Crippen molar-refractivity contribution in [2.75, 3.05) is 0 Å². The van der Waals surface area contributed by atoms with E-state index in [1.807, 2.05) is 30.3 Å². The van der Waals surface area contributed by atoms with Gasteiger partial charge in [-0.1, -0.05) is 30.3 Å². The second-order valence-electron chi connectivity index (χ2n) is 4.18. The van der Waals surface area contributed by atoms with E-state index in [0.717, 1.165) is 11.1 Å². The fraction of sp³-hybridized carbons (Fsp3) is 0.0667. The van der Waals surface area contributed by atoms with Crippen molar-refractivity contribution in [3.8, 4) is 5.75 Å². The number of nitrogens with one attached hydrogen (secondary N) is 3. The van der Waals surface area contributed by atoms with Gasteiger partial charge in [0.15, 0.2) is 0 Å². The van der Waals surface area contributed by atoms with Crippen LogP contribution in [0.5, 0.6) is 5.75 Å². The van der Waals surface area contributed by atoms with Crippen molar-refractivity contribution >= 4 is 12.2 Å². The van der Waals surface area contributed by atoms with E-state index in [4.69, 9.17) is 10.5 Å². The highest BCUT2D eigenvalue weighted by Crippen LogP contribution is 2.07. The summed E-state index contributed by atoms with van der Waals surface area (Å²) in [6, 6.07) is 16.5. The minimum atomic E-state index is 0.129. The number of phenols is 1. The molecule has 20 heavy (non-hydrogen) atoms. The Hall–Kier alpha value is -2.82. The van der Waals surface area contributed by atoms with Gasteiger partial charge in [0.1, 0.15) is 5.75 Å². The third kappa shape index (κ3) is 4.45. The standard InChI is InChI=1S/C15H16N4O/c16-15(17-10-12-4-2-1-3-5-12)19-18-11-13-6-8-14(20)9-7-13/h1-9,11,20H,10H2,(H3,16,17,19). The van der Waals surface area contributed by atoms with Crippen LogP contribution in [0.2, 0.25) is 0 Å². The first-order valence-electron chi connectivity index (χ1n) is 6.18. The predicted molar refractivity (Wildman–Crippen MR) is 79.8 cm³/mol. The molecule has 0 spiro atoms. The number of hydrazone groups is 1. The average Bonchev–Trinajstić information content (AvgIpc) is 2.48. The van der Waals surface area contributed by atoms with Gasteiger partial charge in [0, 0.05) is 6.54 Å². The summed E-state index contributed by atoms with van der Waals surface area (Å²) in [5.41, 5.74) is 4.53. The smallest absolute Gasteiger partial charge is 0.209 e. The van der Waals surface area contributed by atoms with Crippen molar-refractivity contribution in [1.82, 2.24) is 10.7 Å². The van der Waals surface area contributed by atoms with Gasteiger partial charge in [-0.3, -0.25) is 5.41 Å². The van der Waals surface area contributed by atoms with E-state index in [0.29, 0.717) is 6.54 Å². The molecule has 4 N–H and O–H groups in total. The Morgan fingerprint density at radius 3 is 2.50 bits per heavy atom. The van der Waals surface area contributed by atoms with E-state index in [1.54, 1.807) is 30.5 Å². The van der Waals surface area contributed by atoms with Crippen molar-refractivity contribution in [2.24, 2.45) is 5.10 Å². The molecule has 0 atom stereocenters. The molecule has 2 aromatic carbocycles. The summed E-state index contributed by atoms with van der Waals surface area (Å²) in [6.45, 7) is 0.571. The lowest BCUT2D eigenvalue weighted by atomic mass is 10.2. The van der Waals surface area contributed by atoms with Crippen molar-refractivity contribution in [2.45, 2.75) is 6.54 Å². The lowest BCUT2D eigenvalue weighted by Gasteiger charge is -2.06. The van der Waals surface area contributed by atoms with Crippen molar-refractivity contribution in [3.63, 3.8) is 0 Å². The maximum atomic E-state index is 9.14. The van der Waals surface area contributed by atoms with Gasteiger partial charge >= 0.3 is 0 Å². The molecule has 0 fully saturated rings. The van der Waals surface area contributed by atoms with Crippen molar-refractivity contribution in [3.05, 3.63) is 65.7 Å². The highest BCUT2D eigenvalue weighted by molar-refractivity contribution is 5.82. The zero-order valence-corrected chi connectivity index (χ0v) is 10.9. The van der Waals surface area contributed by atoms with Gasteiger partial charge in [-0.15, -0.1) is 0 Å². The van der Waals surface area contributed by atoms with Gasteiger partial charge in [-0.05, 0) is 35.4 Å². The zero-order chi connectivity index (χ0) is 14.2. The van der Waals surface area contributed by atoms with Crippen molar-refractivity contribution in [1.29, 1.82) is 5.41 Å². The van der Waals surface area contributed by atoms with Crippen LogP contribution in [0.15, 0.2) is 59.7 Å². The molecular formula is C15H16N4O. The van der Waals surface area contributed by atoms with Gasteiger partial charge in [0.05, 0.1) is 6.21 Å². The largest absolute Gasteiger partial charge is 0.508 e. The molecule has 0 radical (unpaired) electrons. The normalized spacial score (nSPS) is 10.4. The topological polar surface area (TPSA) is 80.5 Å². The van der Waals surface area contributed by atoms with Crippen LogP contribution in [0.1, 0.15) is 11.1 Å². The minimum absolute atomic E-state index is 0.129. The molecule has 0 heterocycles. The summed E-state index contributed by atoms with van der Waals surface area (Å²) < 4.78 is 0. The molecule has 0 aliphatic heterocycles. The number of hydrogen-bond donors (Lipinski definition) is 4. The second kappa shape index (κ2) is 6.94. The quantitative estimate of drug-likeness (QED) is 0.389. The van der Waals surface area contributed by atoms with Gasteiger partial charge in [0.25, 0.3) is 0 Å². The van der Waals surface area contributed by atoms with Crippen LogP contribution in [-0.2, 0) is 6.54 Å². The number of aromatic hydroxyl groups is 1. The van der Waals surface area contributed by atoms with Crippen LogP contribution in [-0.4, -0.2) is 17.3 Å². The average molecular weight is 268 g/mol. The molecule has 0 aromatic heterocycles. The highest BCUT2D eigenvalue weighted by Gasteiger charge is 1.94. The van der Waals surface area contributed by atoms with E-state index in [1.165, 1.54) is 0 Å². The number of rotatable bonds is 4. The summed E-state index contributed by atoms with van der Waals surface area (Å²) in [6.07, 6.45) is 1.58. The third-order valence-electron chi connectivity index (χ3n) is 2.60. The molecule has 5 heteroatoms. The number of hydrogen-bond acceptors (Lipinski definition) is 3. The molecule has 2 aromatic rings. The first-order valence-corrected chi connectivity index (χ1v) is 6.18. The number of phenolic OH excluding ortho intramolecular Hbond substituents is 1. The molecule has 0 saturated carbocycles. The van der Waals surface area contributed by atoms with Gasteiger partial charge in [-0.25, -0.2) is 5.43 Å². The van der Waals surface area contributed by atoms with Gasteiger partial charge < -0.3 is 10.4 Å². The molecule has 0 amide bonds. The lowest BCUT2D eigenvalue weighted by Crippen LogP contribution is -2.32. The van der Waals surface area contributed by atoms with Crippen molar-refractivity contribution < 1.29 is 5.11 Å². The van der Waals surface area contributed by atoms with E-state index < -0.39 is 0 Å². The molecule has 5 nitrogen and oxygen atoms in total. The molecule has 0 aliphatic carbocycles. The number of benzene rings is 2. The summed E-state index contributed by atoms with van der Waals surface area (Å²) in [5.74, 6) is 0.344. The van der Waals surface area contributed by atoms with E-state index in [9.17, 15) is 0 Å². The van der Waals surface area contributed by atoms with Gasteiger partial charge in [-0.2, -0.15) is 5.10 Å². The van der Waals surface area contributed by atoms with Crippen LogP contribution < -0.4 is 10.7 Å². The fourth-order valence-electron chi connectivity index (χ4n) is 1.56. The Balaban J connectivity index is 1.76. The first kappa shape index (κ1) is 13.6. The van der Waals surface area contributed by atoms with E-state index in [2.05, 4.69) is 15.8 Å². The fourth-order valence-corrected chi connectivity index (χ4v) is 1.56. The SMILES string of the molecule is N=C(NCc1ccccc1)NN=Cc1ccc(O)cc1. The Labute approximate surface area is 117 Å². The Morgan fingerprint density at radius 2 is 1.80 bits per heavy atom. The van der Waals surface area contributed by atoms with Crippen LogP contribution in [0, 0.1) is 5.41 Å². The zero-order valence-electron chi connectivity index (χ0n) is 10.9. The predicted octanol–water partition coefficient (Wildman–Crippen LogP) is 2.04. The van der Waals surface area contributed by atoms with E-state index >= 15 is 0 Å². The minimum Gasteiger partial charge on any atom is -0.508 e. The summed E-state index contributed by atoms with van der Waals surface area (Å²) >= 11 is 0. The number of guanidine groups is 1. The molecule has 2 rings (SSSR count). The van der Waals surface area contributed by atoms with Crippen LogP contribution in [0.25, 0.3) is 0 Å². The van der Waals surface area contributed by atoms with Crippen LogP contribution in [0.3, 0.4) is 0 Å². The van der Waals surface area contributed by atoms with Crippen LogP contribution >= 0.6 is 0 Å². The van der Waals surface area contributed by atoms with Gasteiger partial charge in [0.2, 0.25) is 5.96 Å².